The van der Waals surface area contributed by atoms with Crippen LogP contribution in [0, 0.1) is 0 Å². The van der Waals surface area contributed by atoms with Crippen molar-refractivity contribution in [3.63, 3.8) is 0 Å². The van der Waals surface area contributed by atoms with E-state index in [0.29, 0.717) is 44.1 Å². The lowest BCUT2D eigenvalue weighted by atomic mass is 9.88. The molecule has 4 heterocycles. The molecule has 0 aliphatic carbocycles. The molecule has 4 aromatic heterocycles. The Morgan fingerprint density at radius 3 is 0.478 bits per heavy atom. The highest BCUT2D eigenvalue weighted by atomic mass is 19.4. The van der Waals surface area contributed by atoms with Gasteiger partial charge in [0.25, 0.3) is 0 Å². The van der Waals surface area contributed by atoms with Crippen molar-refractivity contribution >= 4 is 130 Å². The summed E-state index contributed by atoms with van der Waals surface area (Å²) >= 11 is 0. The highest BCUT2D eigenvalue weighted by molar-refractivity contribution is 6.40. The summed E-state index contributed by atoms with van der Waals surface area (Å²) in [4.78, 5) is 36.8. The van der Waals surface area contributed by atoms with Gasteiger partial charge in [0.1, 0.15) is 0 Å². The second-order valence-electron chi connectivity index (χ2n) is 22.4. The molecule has 0 aliphatic heterocycles. The van der Waals surface area contributed by atoms with E-state index in [1.165, 1.54) is 72.8 Å². The van der Waals surface area contributed by atoms with Crippen LogP contribution < -0.4 is 0 Å². The Morgan fingerprint density at radius 1 is 0.174 bits per heavy atom. The molecule has 444 valence electrons. The van der Waals surface area contributed by atoms with Crippen LogP contribution in [-0.2, 0) is 24.7 Å². The maximum Gasteiger partial charge on any atom is 0.417 e. The first kappa shape index (κ1) is 54.8. The molecular formula is C72H32F12N8. The molecule has 20 heteroatoms. The monoisotopic (exact) mass is 1240 g/mol. The number of aromatic nitrogens is 8. The zero-order valence-electron chi connectivity index (χ0n) is 46.6. The number of hydrogen-bond donors (Lipinski definition) is 0. The molecule has 18 rings (SSSR count). The fourth-order valence-corrected chi connectivity index (χ4v) is 13.6. The Balaban J connectivity index is 0.000000141. The van der Waals surface area contributed by atoms with Crippen LogP contribution in [0.5, 0.6) is 0 Å². The number of hydrogen-bond acceptors (Lipinski definition) is 8. The summed E-state index contributed by atoms with van der Waals surface area (Å²) in [5.41, 5.74) is 0.489. The van der Waals surface area contributed by atoms with Gasteiger partial charge in [0, 0.05) is 65.3 Å². The first-order valence-corrected chi connectivity index (χ1v) is 28.4. The van der Waals surface area contributed by atoms with Gasteiger partial charge in [-0.1, -0.05) is 121 Å². The Labute approximate surface area is 507 Å². The van der Waals surface area contributed by atoms with Crippen molar-refractivity contribution in [2.24, 2.45) is 0 Å². The predicted octanol–water partition coefficient (Wildman–Crippen LogP) is 20.9. The Hall–Kier alpha value is -11.3. The minimum Gasteiger partial charge on any atom is -0.228 e. The van der Waals surface area contributed by atoms with Crippen LogP contribution in [0.25, 0.3) is 176 Å². The summed E-state index contributed by atoms with van der Waals surface area (Å²) in [6, 6.07) is 50.5. The average molecular weight is 1240 g/mol. The van der Waals surface area contributed by atoms with Gasteiger partial charge in [0.2, 0.25) is 0 Å². The maximum atomic E-state index is 13.8. The van der Waals surface area contributed by atoms with E-state index in [4.69, 9.17) is 0 Å². The van der Waals surface area contributed by atoms with Gasteiger partial charge in [-0.25, -0.2) is 39.9 Å². The van der Waals surface area contributed by atoms with Gasteiger partial charge in [-0.3, -0.25) is 0 Å². The van der Waals surface area contributed by atoms with Crippen LogP contribution in [0.1, 0.15) is 22.3 Å². The molecule has 0 unspecified atom stereocenters. The fourth-order valence-electron chi connectivity index (χ4n) is 13.6. The van der Waals surface area contributed by atoms with Crippen LogP contribution in [0.3, 0.4) is 0 Å². The van der Waals surface area contributed by atoms with Gasteiger partial charge < -0.3 is 0 Å². The first-order valence-electron chi connectivity index (χ1n) is 28.4. The molecule has 14 aromatic carbocycles. The average Bonchev–Trinajstić information content (AvgIpc) is 0.706. The van der Waals surface area contributed by atoms with Gasteiger partial charge in [0.05, 0.1) is 66.4 Å². The lowest BCUT2D eigenvalue weighted by Gasteiger charge is -2.18. The van der Waals surface area contributed by atoms with E-state index in [-0.39, 0.29) is 45.6 Å². The Morgan fingerprint density at radius 2 is 0.326 bits per heavy atom. The van der Waals surface area contributed by atoms with Crippen LogP contribution in [0.2, 0.25) is 0 Å². The molecular weight excluding hydrogens is 1200 g/mol. The summed E-state index contributed by atoms with van der Waals surface area (Å²) in [5, 5.41) is 13.5. The molecule has 8 nitrogen and oxygen atoms in total. The Bertz CT molecular complexity index is 5130. The van der Waals surface area contributed by atoms with Crippen LogP contribution in [0.4, 0.5) is 52.7 Å². The van der Waals surface area contributed by atoms with Crippen molar-refractivity contribution in [2.45, 2.75) is 24.7 Å². The molecule has 0 saturated heterocycles. The van der Waals surface area contributed by atoms with Crippen molar-refractivity contribution in [1.29, 1.82) is 0 Å². The summed E-state index contributed by atoms with van der Waals surface area (Å²) in [5.74, 6) is -0.0534. The van der Waals surface area contributed by atoms with Crippen molar-refractivity contribution in [3.8, 4) is 45.6 Å². The summed E-state index contributed by atoms with van der Waals surface area (Å²) in [6.07, 6.45) is -18.3. The van der Waals surface area contributed by atoms with Crippen molar-refractivity contribution in [1.82, 2.24) is 39.9 Å². The Kier molecular flexibility index (Phi) is 11.4. The normalized spacial score (nSPS) is 13.0. The highest BCUT2D eigenvalue weighted by Gasteiger charge is 2.38. The fraction of sp³-hybridized carbons (Fsp3) is 0.0556. The number of benzene rings is 14. The van der Waals surface area contributed by atoms with Gasteiger partial charge in [-0.15, -0.1) is 0 Å². The highest BCUT2D eigenvalue weighted by Crippen LogP contribution is 2.49. The molecule has 0 amide bonds. The lowest BCUT2D eigenvalue weighted by Crippen LogP contribution is -2.08. The van der Waals surface area contributed by atoms with Crippen molar-refractivity contribution in [3.05, 3.63) is 216 Å². The van der Waals surface area contributed by atoms with Gasteiger partial charge in [0.15, 0.2) is 23.3 Å². The topological polar surface area (TPSA) is 103 Å². The van der Waals surface area contributed by atoms with Crippen molar-refractivity contribution < 1.29 is 52.7 Å². The van der Waals surface area contributed by atoms with E-state index >= 15 is 0 Å². The van der Waals surface area contributed by atoms with Crippen LogP contribution >= 0.6 is 0 Å². The third kappa shape index (κ3) is 8.21. The van der Waals surface area contributed by atoms with Gasteiger partial charge in [-0.2, -0.15) is 52.7 Å². The summed E-state index contributed by atoms with van der Waals surface area (Å²) < 4.78 is 166. The van der Waals surface area contributed by atoms with E-state index < -0.39 is 47.0 Å². The molecule has 0 N–H and O–H groups in total. The third-order valence-corrected chi connectivity index (χ3v) is 17.3. The summed E-state index contributed by atoms with van der Waals surface area (Å²) in [7, 11) is 0. The number of fused-ring (bicyclic) bond motifs is 4. The molecule has 92 heavy (non-hydrogen) atoms. The zero-order chi connectivity index (χ0) is 63.1. The number of halogens is 12. The summed E-state index contributed by atoms with van der Waals surface area (Å²) in [6.45, 7) is 0. The van der Waals surface area contributed by atoms with E-state index in [1.54, 1.807) is 48.5 Å². The van der Waals surface area contributed by atoms with E-state index in [1.807, 2.05) is 48.5 Å². The minimum atomic E-state index is -4.57. The molecule has 18 aromatic rings. The van der Waals surface area contributed by atoms with Crippen LogP contribution in [-0.4, -0.2) is 39.9 Å². The maximum absolute atomic E-state index is 13.8. The zero-order valence-corrected chi connectivity index (χ0v) is 46.6. The third-order valence-electron chi connectivity index (χ3n) is 17.3. The quantitative estimate of drug-likeness (QED) is 0.0975. The molecule has 0 saturated carbocycles. The predicted molar refractivity (Wildman–Crippen MR) is 332 cm³/mol. The molecule has 0 aliphatic rings. The lowest BCUT2D eigenvalue weighted by molar-refractivity contribution is -0.137. The van der Waals surface area contributed by atoms with E-state index in [2.05, 4.69) is 39.9 Å². The standard InChI is InChI=1S/2C36H16F6N4/c2*37-35(38,39)23-7-3-1-5-21(23)33-43-25-13-9-17-19-11-15-27-32-28(46-34(45-27)22-6-2-4-8-24(22)36(40,41)42)16-12-20(30(19)32)18-10-14-26(44-33)31(25)29(17)18/h2*1-16H. The second-order valence-corrected chi connectivity index (χ2v) is 22.4. The largest absolute Gasteiger partial charge is 0.417 e. The molecule has 0 radical (unpaired) electrons. The smallest absolute Gasteiger partial charge is 0.228 e. The SMILES string of the molecule is FC(F)(F)c1ccccc1-c1nc2ccc3c4ccc5nc(-c6ccccc6C(F)(F)F)nc6ccc(c7ccc(n1)c2c37)c4c56.FC(F)(F)c1ccccc1-c1nc2ccc3c4ccc5nc(-c6ccccc6C(F)(F)F)nc6ccc(c7ccc(n1)c2c37)c4c56. The molecule has 0 bridgehead atoms. The second kappa shape index (κ2) is 19.1. The van der Waals surface area contributed by atoms with Crippen LogP contribution in [0.15, 0.2) is 194 Å². The van der Waals surface area contributed by atoms with Gasteiger partial charge in [-0.05, 0) is 116 Å². The molecule has 0 atom stereocenters. The number of rotatable bonds is 4. The van der Waals surface area contributed by atoms with Gasteiger partial charge >= 0.3 is 24.7 Å². The first-order chi connectivity index (χ1) is 44.2. The minimum absolute atomic E-state index is 0.0133. The molecule has 0 fully saturated rings. The number of alkyl halides is 12. The van der Waals surface area contributed by atoms with E-state index in [0.717, 1.165) is 110 Å². The molecule has 0 spiro atoms. The van der Waals surface area contributed by atoms with Crippen molar-refractivity contribution in [2.75, 3.05) is 0 Å². The number of nitrogens with zero attached hydrogens (tertiary/aromatic N) is 8. The van der Waals surface area contributed by atoms with E-state index in [9.17, 15) is 52.7 Å².